The number of fused-ring (bicyclic) bond motifs is 1. The first-order valence-corrected chi connectivity index (χ1v) is 9.92. The molecule has 2 aliphatic rings. The van der Waals surface area contributed by atoms with Gasteiger partial charge in [-0.2, -0.15) is 5.10 Å². The normalized spacial score (nSPS) is 35.2. The van der Waals surface area contributed by atoms with Crippen LogP contribution in [0.5, 0.6) is 0 Å². The standard InChI is InChI=1S/C20H34N4O2/c1-6-24-13-15(12-21-24)18(25)22(4)14-16-11-19(2)17(23(16)5)9-7-8-10-20(19,3)26/h12-13,16-17,26H,6-11,14H2,1-5H3/t16-,17-,19-,20+/m1/s1. The Labute approximate surface area is 157 Å². The molecule has 1 N–H and O–H groups in total. The lowest BCUT2D eigenvalue weighted by atomic mass is 9.67. The number of likely N-dealkylation sites (tertiary alicyclic amines) is 1. The summed E-state index contributed by atoms with van der Waals surface area (Å²) in [5.74, 6) is 0.0158. The van der Waals surface area contributed by atoms with Gasteiger partial charge in [0.1, 0.15) is 0 Å². The SMILES string of the molecule is CCn1cc(C(=O)N(C)C[C@H]2C[C@]3(C)[C@@H](CCCC[C@]3(C)O)N2C)cn1. The van der Waals surface area contributed by atoms with E-state index in [1.165, 1.54) is 6.42 Å². The van der Waals surface area contributed by atoms with Gasteiger partial charge in [-0.05, 0) is 40.2 Å². The average molecular weight is 363 g/mol. The average Bonchev–Trinajstić information content (AvgIpc) is 3.13. The Hall–Kier alpha value is -1.40. The van der Waals surface area contributed by atoms with E-state index < -0.39 is 5.60 Å². The number of carbonyl (C=O) groups excluding carboxylic acids is 1. The number of amides is 1. The first kappa shape index (κ1) is 19.4. The summed E-state index contributed by atoms with van der Waals surface area (Å²) in [5, 5.41) is 15.4. The van der Waals surface area contributed by atoms with Gasteiger partial charge >= 0.3 is 0 Å². The predicted octanol–water partition coefficient (Wildman–Crippen LogP) is 2.38. The maximum Gasteiger partial charge on any atom is 0.256 e. The van der Waals surface area contributed by atoms with Crippen molar-refractivity contribution in [2.75, 3.05) is 20.6 Å². The van der Waals surface area contributed by atoms with Crippen molar-refractivity contribution in [1.82, 2.24) is 19.6 Å². The fourth-order valence-electron chi connectivity index (χ4n) is 5.13. The predicted molar refractivity (Wildman–Crippen MR) is 102 cm³/mol. The van der Waals surface area contributed by atoms with Gasteiger partial charge in [0, 0.05) is 43.8 Å². The van der Waals surface area contributed by atoms with E-state index in [0.717, 1.165) is 32.2 Å². The quantitative estimate of drug-likeness (QED) is 0.893. The lowest BCUT2D eigenvalue weighted by molar-refractivity contribution is -0.0754. The third-order valence-electron chi connectivity index (χ3n) is 7.12. The van der Waals surface area contributed by atoms with Crippen molar-refractivity contribution in [3.63, 3.8) is 0 Å². The van der Waals surface area contributed by atoms with Gasteiger partial charge in [0.25, 0.3) is 5.91 Å². The number of aryl methyl sites for hydroxylation is 1. The summed E-state index contributed by atoms with van der Waals surface area (Å²) in [5.41, 5.74) is -0.135. The topological polar surface area (TPSA) is 61.6 Å². The minimum atomic E-state index is -0.651. The molecule has 6 heteroatoms. The van der Waals surface area contributed by atoms with E-state index in [-0.39, 0.29) is 17.4 Å². The number of carbonyl (C=O) groups is 1. The van der Waals surface area contributed by atoms with Crippen LogP contribution in [0.2, 0.25) is 0 Å². The molecule has 1 saturated carbocycles. The van der Waals surface area contributed by atoms with Crippen LogP contribution in [0.3, 0.4) is 0 Å². The van der Waals surface area contributed by atoms with Crippen LogP contribution in [0.25, 0.3) is 0 Å². The van der Waals surface area contributed by atoms with Crippen LogP contribution in [-0.4, -0.2) is 68.9 Å². The first-order valence-electron chi connectivity index (χ1n) is 9.92. The van der Waals surface area contributed by atoms with Gasteiger partial charge < -0.3 is 10.0 Å². The van der Waals surface area contributed by atoms with Crippen LogP contribution in [0.1, 0.15) is 63.2 Å². The highest BCUT2D eigenvalue weighted by Gasteiger charge is 2.57. The molecule has 2 heterocycles. The molecular formula is C20H34N4O2. The largest absolute Gasteiger partial charge is 0.390 e. The molecule has 1 aliphatic heterocycles. The van der Waals surface area contributed by atoms with Crippen molar-refractivity contribution in [3.05, 3.63) is 18.0 Å². The summed E-state index contributed by atoms with van der Waals surface area (Å²) >= 11 is 0. The molecule has 1 amide bonds. The molecule has 0 unspecified atom stereocenters. The summed E-state index contributed by atoms with van der Waals surface area (Å²) in [7, 11) is 4.03. The van der Waals surface area contributed by atoms with E-state index in [0.29, 0.717) is 18.2 Å². The van der Waals surface area contributed by atoms with Crippen molar-refractivity contribution >= 4 is 5.91 Å². The van der Waals surface area contributed by atoms with Gasteiger partial charge in [-0.3, -0.25) is 14.4 Å². The second-order valence-electron chi connectivity index (χ2n) is 8.75. The molecule has 1 saturated heterocycles. The molecule has 0 radical (unpaired) electrons. The smallest absolute Gasteiger partial charge is 0.256 e. The fourth-order valence-corrected chi connectivity index (χ4v) is 5.13. The minimum Gasteiger partial charge on any atom is -0.390 e. The Morgan fingerprint density at radius 3 is 2.81 bits per heavy atom. The zero-order valence-corrected chi connectivity index (χ0v) is 16.9. The number of hydrogen-bond donors (Lipinski definition) is 1. The van der Waals surface area contributed by atoms with Crippen molar-refractivity contribution in [2.24, 2.45) is 5.41 Å². The van der Waals surface area contributed by atoms with E-state index in [4.69, 9.17) is 0 Å². The maximum atomic E-state index is 12.7. The summed E-state index contributed by atoms with van der Waals surface area (Å²) in [6, 6.07) is 0.640. The van der Waals surface area contributed by atoms with Gasteiger partial charge in [-0.1, -0.05) is 19.8 Å². The van der Waals surface area contributed by atoms with Crippen molar-refractivity contribution in [1.29, 1.82) is 0 Å². The highest BCUT2D eigenvalue weighted by atomic mass is 16.3. The molecule has 1 aromatic heterocycles. The molecule has 0 bridgehead atoms. The molecule has 4 atom stereocenters. The second kappa shape index (κ2) is 6.97. The molecule has 1 aliphatic carbocycles. The van der Waals surface area contributed by atoms with Gasteiger partial charge in [-0.25, -0.2) is 0 Å². The molecular weight excluding hydrogens is 328 g/mol. The molecule has 26 heavy (non-hydrogen) atoms. The lowest BCUT2D eigenvalue weighted by Gasteiger charge is -2.43. The Kier molecular flexibility index (Phi) is 5.19. The summed E-state index contributed by atoms with van der Waals surface area (Å²) < 4.78 is 1.78. The van der Waals surface area contributed by atoms with Gasteiger partial charge in [0.15, 0.2) is 0 Å². The van der Waals surface area contributed by atoms with Crippen LogP contribution in [0.4, 0.5) is 0 Å². The van der Waals surface area contributed by atoms with Crippen LogP contribution < -0.4 is 0 Å². The number of rotatable bonds is 4. The third-order valence-corrected chi connectivity index (χ3v) is 7.12. The van der Waals surface area contributed by atoms with E-state index >= 15 is 0 Å². The number of nitrogens with zero attached hydrogens (tertiary/aromatic N) is 4. The third kappa shape index (κ3) is 3.18. The summed E-state index contributed by atoms with van der Waals surface area (Å²) in [6.45, 7) is 7.70. The molecule has 3 rings (SSSR count). The number of aliphatic hydroxyl groups is 1. The number of likely N-dealkylation sites (N-methyl/N-ethyl adjacent to an activating group) is 2. The van der Waals surface area contributed by atoms with Gasteiger partial charge in [0.2, 0.25) is 0 Å². The van der Waals surface area contributed by atoms with E-state index in [9.17, 15) is 9.90 Å². The van der Waals surface area contributed by atoms with Crippen molar-refractivity contribution in [2.45, 2.75) is 77.1 Å². The second-order valence-corrected chi connectivity index (χ2v) is 8.75. The van der Waals surface area contributed by atoms with E-state index in [2.05, 4.69) is 24.0 Å². The Bertz CT molecular complexity index is 656. The Balaban J connectivity index is 1.73. The van der Waals surface area contributed by atoms with Crippen LogP contribution in [0.15, 0.2) is 12.4 Å². The Morgan fingerprint density at radius 2 is 2.15 bits per heavy atom. The summed E-state index contributed by atoms with van der Waals surface area (Å²) in [6.07, 6.45) is 8.64. The van der Waals surface area contributed by atoms with Gasteiger partial charge in [-0.15, -0.1) is 0 Å². The number of aromatic nitrogens is 2. The zero-order valence-electron chi connectivity index (χ0n) is 16.9. The van der Waals surface area contributed by atoms with Gasteiger partial charge in [0.05, 0.1) is 17.4 Å². The maximum absolute atomic E-state index is 12.7. The van der Waals surface area contributed by atoms with Crippen molar-refractivity contribution < 1.29 is 9.90 Å². The first-order chi connectivity index (χ1) is 12.2. The molecule has 0 spiro atoms. The van der Waals surface area contributed by atoms with Crippen molar-refractivity contribution in [3.8, 4) is 0 Å². The molecule has 146 valence electrons. The Morgan fingerprint density at radius 1 is 1.42 bits per heavy atom. The lowest BCUT2D eigenvalue weighted by Crippen LogP contribution is -2.50. The molecule has 0 aromatic carbocycles. The zero-order chi connectivity index (χ0) is 19.1. The van der Waals surface area contributed by atoms with E-state index in [1.807, 2.05) is 32.0 Å². The highest BCUT2D eigenvalue weighted by Crippen LogP contribution is 2.52. The minimum absolute atomic E-state index is 0.0158. The summed E-state index contributed by atoms with van der Waals surface area (Å²) in [4.78, 5) is 17.0. The van der Waals surface area contributed by atoms with Crippen LogP contribution in [0, 0.1) is 5.41 Å². The molecule has 1 aromatic rings. The highest BCUT2D eigenvalue weighted by molar-refractivity contribution is 5.93. The monoisotopic (exact) mass is 362 g/mol. The molecule has 6 nitrogen and oxygen atoms in total. The van der Waals surface area contributed by atoms with Crippen LogP contribution in [-0.2, 0) is 6.54 Å². The molecule has 2 fully saturated rings. The van der Waals surface area contributed by atoms with E-state index in [1.54, 1.807) is 10.9 Å². The number of hydrogen-bond acceptors (Lipinski definition) is 4. The fraction of sp³-hybridized carbons (Fsp3) is 0.800. The van der Waals surface area contributed by atoms with Crippen LogP contribution >= 0.6 is 0 Å².